The lowest BCUT2D eigenvalue weighted by Gasteiger charge is -2.10. The van der Waals surface area contributed by atoms with Crippen LogP contribution >= 0.6 is 11.6 Å². The minimum absolute atomic E-state index is 0.190. The molecule has 0 bridgehead atoms. The highest BCUT2D eigenvalue weighted by Gasteiger charge is 2.13. The topological polar surface area (TPSA) is 90.7 Å². The van der Waals surface area contributed by atoms with E-state index in [-0.39, 0.29) is 5.69 Å². The maximum absolute atomic E-state index is 12.5. The molecule has 0 saturated heterocycles. The van der Waals surface area contributed by atoms with Gasteiger partial charge in [0.2, 0.25) is 0 Å². The van der Waals surface area contributed by atoms with Gasteiger partial charge >= 0.3 is 0 Å². The van der Waals surface area contributed by atoms with Crippen LogP contribution in [0.3, 0.4) is 0 Å². The number of carbonyl (C=O) groups excluding carboxylic acids is 1. The Hall–Kier alpha value is -3.43. The van der Waals surface area contributed by atoms with Gasteiger partial charge in [0, 0.05) is 16.8 Å². The zero-order chi connectivity index (χ0) is 18.5. The van der Waals surface area contributed by atoms with Crippen LogP contribution in [-0.4, -0.2) is 15.9 Å². The quantitative estimate of drug-likeness (QED) is 0.720. The van der Waals surface area contributed by atoms with Gasteiger partial charge in [-0.25, -0.2) is 9.97 Å². The van der Waals surface area contributed by atoms with Gasteiger partial charge < -0.3 is 10.6 Å². The fourth-order valence-corrected chi connectivity index (χ4v) is 2.53. The predicted molar refractivity (Wildman–Crippen MR) is 101 cm³/mol. The molecule has 0 spiro atoms. The molecule has 26 heavy (non-hydrogen) atoms. The average molecular weight is 364 g/mol. The van der Waals surface area contributed by atoms with Crippen LogP contribution in [0.2, 0.25) is 5.02 Å². The van der Waals surface area contributed by atoms with E-state index in [4.69, 9.17) is 16.9 Å². The molecule has 0 fully saturated rings. The molecular formula is C19H14ClN5O. The Labute approximate surface area is 155 Å². The van der Waals surface area contributed by atoms with Crippen molar-refractivity contribution in [2.45, 2.75) is 6.92 Å². The molecular weight excluding hydrogens is 350 g/mol. The Bertz CT molecular complexity index is 1010. The number of aryl methyl sites for hydroxylation is 1. The van der Waals surface area contributed by atoms with Crippen LogP contribution in [0.15, 0.2) is 54.6 Å². The summed E-state index contributed by atoms with van der Waals surface area (Å²) in [6.45, 7) is 1.70. The molecule has 0 aliphatic heterocycles. The van der Waals surface area contributed by atoms with E-state index >= 15 is 0 Å². The van der Waals surface area contributed by atoms with Gasteiger partial charge in [-0.15, -0.1) is 0 Å². The first kappa shape index (κ1) is 17.4. The summed E-state index contributed by atoms with van der Waals surface area (Å²) in [5.74, 6) is 0.488. The second-order valence-corrected chi connectivity index (χ2v) is 5.87. The molecule has 1 aromatic heterocycles. The first-order chi connectivity index (χ1) is 12.5. The Morgan fingerprint density at radius 1 is 1.12 bits per heavy atom. The van der Waals surface area contributed by atoms with E-state index in [0.717, 1.165) is 5.69 Å². The highest BCUT2D eigenvalue weighted by atomic mass is 35.5. The molecule has 1 heterocycles. The number of amides is 1. The van der Waals surface area contributed by atoms with Crippen LogP contribution in [0.5, 0.6) is 0 Å². The van der Waals surface area contributed by atoms with Gasteiger partial charge in [0.15, 0.2) is 0 Å². The number of hydrogen-bond donors (Lipinski definition) is 2. The van der Waals surface area contributed by atoms with Gasteiger partial charge in [0.05, 0.1) is 11.3 Å². The number of nitrogens with one attached hydrogen (secondary N) is 2. The normalized spacial score (nSPS) is 10.0. The number of nitrogens with zero attached hydrogens (tertiary/aromatic N) is 3. The summed E-state index contributed by atoms with van der Waals surface area (Å²) in [7, 11) is 0. The zero-order valence-electron chi connectivity index (χ0n) is 13.8. The van der Waals surface area contributed by atoms with Gasteiger partial charge in [-0.3, -0.25) is 4.79 Å². The lowest BCUT2D eigenvalue weighted by Crippen LogP contribution is -2.16. The highest BCUT2D eigenvalue weighted by Crippen LogP contribution is 2.20. The standard InChI is InChI=1S/C19H14ClN5O/c1-12-22-17(19(26)25-16-8-3-2-5-13(16)11-21)10-18(23-12)24-15-7-4-6-14(20)9-15/h2-10H,1H3,(H,25,26)(H,22,23,24). The van der Waals surface area contributed by atoms with Crippen LogP contribution in [-0.2, 0) is 0 Å². The number of carbonyl (C=O) groups is 1. The molecule has 6 nitrogen and oxygen atoms in total. The number of halogens is 1. The van der Waals surface area contributed by atoms with E-state index in [9.17, 15) is 4.79 Å². The number of benzene rings is 2. The molecule has 7 heteroatoms. The molecule has 0 unspecified atom stereocenters. The van der Waals surface area contributed by atoms with E-state index in [2.05, 4.69) is 20.6 Å². The molecule has 0 radical (unpaired) electrons. The van der Waals surface area contributed by atoms with Crippen molar-refractivity contribution in [1.82, 2.24) is 9.97 Å². The molecule has 128 valence electrons. The second-order valence-electron chi connectivity index (χ2n) is 5.43. The van der Waals surface area contributed by atoms with Crippen molar-refractivity contribution in [2.75, 3.05) is 10.6 Å². The van der Waals surface area contributed by atoms with Gasteiger partial charge in [-0.2, -0.15) is 5.26 Å². The SMILES string of the molecule is Cc1nc(Nc2cccc(Cl)c2)cc(C(=O)Nc2ccccc2C#N)n1. The molecule has 0 aliphatic rings. The van der Waals surface area contributed by atoms with Gasteiger partial charge in [0.1, 0.15) is 23.4 Å². The fraction of sp³-hybridized carbons (Fsp3) is 0.0526. The second kappa shape index (κ2) is 7.64. The monoisotopic (exact) mass is 363 g/mol. The van der Waals surface area contributed by atoms with Crippen LogP contribution in [0, 0.1) is 18.3 Å². The first-order valence-electron chi connectivity index (χ1n) is 7.74. The molecule has 2 aromatic carbocycles. The lowest BCUT2D eigenvalue weighted by molar-refractivity contribution is 0.102. The van der Waals surface area contributed by atoms with Crippen LogP contribution in [0.25, 0.3) is 0 Å². The zero-order valence-corrected chi connectivity index (χ0v) is 14.6. The van der Waals surface area contributed by atoms with Gasteiger partial charge in [-0.1, -0.05) is 29.8 Å². The van der Waals surface area contributed by atoms with Crippen molar-refractivity contribution in [1.29, 1.82) is 5.26 Å². The van der Waals surface area contributed by atoms with Gasteiger partial charge in [0.25, 0.3) is 5.91 Å². The smallest absolute Gasteiger partial charge is 0.274 e. The molecule has 0 aliphatic carbocycles. The summed E-state index contributed by atoms with van der Waals surface area (Å²) >= 11 is 5.98. The summed E-state index contributed by atoms with van der Waals surface area (Å²) in [5, 5.41) is 15.5. The summed E-state index contributed by atoms with van der Waals surface area (Å²) in [4.78, 5) is 21.0. The maximum Gasteiger partial charge on any atom is 0.274 e. The fourth-order valence-electron chi connectivity index (χ4n) is 2.34. The number of para-hydroxylation sites is 1. The largest absolute Gasteiger partial charge is 0.340 e. The third-order valence-electron chi connectivity index (χ3n) is 3.46. The Morgan fingerprint density at radius 3 is 2.69 bits per heavy atom. The summed E-state index contributed by atoms with van der Waals surface area (Å²) in [5.41, 5.74) is 1.75. The molecule has 2 N–H and O–H groups in total. The minimum Gasteiger partial charge on any atom is -0.340 e. The highest BCUT2D eigenvalue weighted by molar-refractivity contribution is 6.30. The van der Waals surface area contributed by atoms with Gasteiger partial charge in [-0.05, 0) is 37.3 Å². The molecule has 3 rings (SSSR count). The first-order valence-corrected chi connectivity index (χ1v) is 8.12. The average Bonchev–Trinajstić information content (AvgIpc) is 2.61. The number of aromatic nitrogens is 2. The molecule has 0 saturated carbocycles. The molecule has 0 atom stereocenters. The van der Waals surface area contributed by atoms with Crippen LogP contribution < -0.4 is 10.6 Å². The van der Waals surface area contributed by atoms with Crippen molar-refractivity contribution >= 4 is 34.7 Å². The Balaban J connectivity index is 1.85. The van der Waals surface area contributed by atoms with E-state index in [0.29, 0.717) is 27.9 Å². The van der Waals surface area contributed by atoms with Crippen molar-refractivity contribution in [2.24, 2.45) is 0 Å². The number of hydrogen-bond acceptors (Lipinski definition) is 5. The third-order valence-corrected chi connectivity index (χ3v) is 3.70. The molecule has 1 amide bonds. The van der Waals surface area contributed by atoms with E-state index < -0.39 is 5.91 Å². The lowest BCUT2D eigenvalue weighted by atomic mass is 10.2. The van der Waals surface area contributed by atoms with Crippen molar-refractivity contribution in [3.8, 4) is 6.07 Å². The van der Waals surface area contributed by atoms with E-state index in [1.54, 1.807) is 43.3 Å². The summed E-state index contributed by atoms with van der Waals surface area (Å²) < 4.78 is 0. The van der Waals surface area contributed by atoms with E-state index in [1.165, 1.54) is 6.07 Å². The Kier molecular flexibility index (Phi) is 5.11. The summed E-state index contributed by atoms with van der Waals surface area (Å²) in [6, 6.07) is 17.5. The maximum atomic E-state index is 12.5. The Morgan fingerprint density at radius 2 is 1.92 bits per heavy atom. The number of rotatable bonds is 4. The third kappa shape index (κ3) is 4.15. The number of anilines is 3. The van der Waals surface area contributed by atoms with Crippen molar-refractivity contribution in [3.63, 3.8) is 0 Å². The molecule has 3 aromatic rings. The van der Waals surface area contributed by atoms with Crippen molar-refractivity contribution < 1.29 is 4.79 Å². The van der Waals surface area contributed by atoms with Crippen molar-refractivity contribution in [3.05, 3.63) is 76.7 Å². The van der Waals surface area contributed by atoms with E-state index in [1.807, 2.05) is 18.2 Å². The summed E-state index contributed by atoms with van der Waals surface area (Å²) in [6.07, 6.45) is 0. The minimum atomic E-state index is -0.424. The predicted octanol–water partition coefficient (Wildman–Crippen LogP) is 4.31. The van der Waals surface area contributed by atoms with Crippen LogP contribution in [0.4, 0.5) is 17.2 Å². The number of nitriles is 1. The van der Waals surface area contributed by atoms with Crippen LogP contribution in [0.1, 0.15) is 21.9 Å².